The molecule has 0 rings (SSSR count). The standard InChI is InChI=1S/C10H21N4O5P/c1-7(11)9(15)13-3-5-18-20(17)19-6-4-14-10(16)8(2)12/h7-8H,3-6,11-12H2,1-2H3,(H-,13,14,15,16)/p+1/t7-,8-/m1/s1. The molecule has 0 radical (unpaired) electrons. The molecule has 0 aliphatic rings. The van der Waals surface area contributed by atoms with Crippen molar-refractivity contribution in [1.29, 1.82) is 0 Å². The van der Waals surface area contributed by atoms with E-state index in [0.717, 1.165) is 0 Å². The van der Waals surface area contributed by atoms with Crippen molar-refractivity contribution in [1.82, 2.24) is 10.6 Å². The van der Waals surface area contributed by atoms with Gasteiger partial charge in [0.15, 0.2) is 0 Å². The first-order valence-electron chi connectivity index (χ1n) is 6.14. The summed E-state index contributed by atoms with van der Waals surface area (Å²) in [5.41, 5.74) is 10.7. The van der Waals surface area contributed by atoms with E-state index in [1.165, 1.54) is 0 Å². The molecule has 0 aliphatic heterocycles. The van der Waals surface area contributed by atoms with Crippen LogP contribution in [-0.4, -0.2) is 50.2 Å². The summed E-state index contributed by atoms with van der Waals surface area (Å²) in [5, 5.41) is 4.98. The molecule has 0 aromatic rings. The number of hydrogen-bond acceptors (Lipinski definition) is 7. The third kappa shape index (κ3) is 9.76. The van der Waals surface area contributed by atoms with Crippen molar-refractivity contribution in [2.24, 2.45) is 11.5 Å². The smallest absolute Gasteiger partial charge is 0.352 e. The summed E-state index contributed by atoms with van der Waals surface area (Å²) in [6.45, 7) is 3.56. The van der Waals surface area contributed by atoms with E-state index in [1.807, 2.05) is 0 Å². The molecule has 0 saturated carbocycles. The number of rotatable bonds is 10. The first kappa shape index (κ1) is 18.9. The first-order chi connectivity index (χ1) is 9.34. The molecule has 0 fully saturated rings. The molecular weight excluding hydrogens is 287 g/mol. The highest BCUT2D eigenvalue weighted by Crippen LogP contribution is 2.22. The van der Waals surface area contributed by atoms with Crippen LogP contribution in [0.15, 0.2) is 0 Å². The Morgan fingerprint density at radius 3 is 1.65 bits per heavy atom. The van der Waals surface area contributed by atoms with Crippen molar-refractivity contribution in [2.75, 3.05) is 26.3 Å². The maximum Gasteiger partial charge on any atom is 0.697 e. The topological polar surface area (TPSA) is 146 Å². The quantitative estimate of drug-likeness (QED) is 0.287. The minimum atomic E-state index is -2.29. The van der Waals surface area contributed by atoms with Crippen LogP contribution in [0.2, 0.25) is 0 Å². The highest BCUT2D eigenvalue weighted by atomic mass is 31.1. The third-order valence-corrected chi connectivity index (χ3v) is 2.81. The molecule has 0 aromatic heterocycles. The lowest BCUT2D eigenvalue weighted by Crippen LogP contribution is -2.39. The minimum Gasteiger partial charge on any atom is -0.352 e. The fraction of sp³-hybridized carbons (Fsp3) is 0.800. The van der Waals surface area contributed by atoms with Crippen LogP contribution in [0, 0.1) is 0 Å². The Morgan fingerprint density at radius 1 is 1.00 bits per heavy atom. The number of nitrogens with one attached hydrogen (secondary N) is 2. The van der Waals surface area contributed by atoms with Crippen LogP contribution < -0.4 is 22.1 Å². The number of hydrogen-bond donors (Lipinski definition) is 4. The molecule has 0 spiro atoms. The maximum atomic E-state index is 11.2. The van der Waals surface area contributed by atoms with E-state index in [9.17, 15) is 14.2 Å². The highest BCUT2D eigenvalue weighted by molar-refractivity contribution is 7.33. The van der Waals surface area contributed by atoms with Crippen molar-refractivity contribution in [3.05, 3.63) is 0 Å². The van der Waals surface area contributed by atoms with Crippen LogP contribution in [0.3, 0.4) is 0 Å². The van der Waals surface area contributed by atoms with Gasteiger partial charge in [-0.15, -0.1) is 9.05 Å². The molecular formula is C10H22N4O5P+. The van der Waals surface area contributed by atoms with Gasteiger partial charge in [-0.25, -0.2) is 0 Å². The fourth-order valence-electron chi connectivity index (χ4n) is 0.948. The van der Waals surface area contributed by atoms with E-state index >= 15 is 0 Å². The highest BCUT2D eigenvalue weighted by Gasteiger charge is 2.20. The Hall–Kier alpha value is -1.12. The van der Waals surface area contributed by atoms with Gasteiger partial charge in [0.25, 0.3) is 0 Å². The molecule has 0 aliphatic carbocycles. The molecule has 0 unspecified atom stereocenters. The number of nitrogens with two attached hydrogens (primary N) is 2. The molecule has 9 nitrogen and oxygen atoms in total. The van der Waals surface area contributed by atoms with Crippen LogP contribution in [0.5, 0.6) is 0 Å². The third-order valence-electron chi connectivity index (χ3n) is 2.02. The number of carbonyl (C=O) groups is 2. The van der Waals surface area contributed by atoms with Crippen LogP contribution in [-0.2, 0) is 23.2 Å². The summed E-state index contributed by atoms with van der Waals surface area (Å²) in [5.74, 6) is -0.633. The second-order valence-corrected chi connectivity index (χ2v) is 5.01. The second kappa shape index (κ2) is 10.6. The zero-order chi connectivity index (χ0) is 15.5. The number of carbonyl (C=O) groups excluding carboxylic acids is 2. The van der Waals surface area contributed by atoms with Crippen molar-refractivity contribution >= 4 is 20.1 Å². The molecule has 6 N–H and O–H groups in total. The molecule has 0 saturated heterocycles. The average Bonchev–Trinajstić information content (AvgIpc) is 2.38. The van der Waals surface area contributed by atoms with E-state index in [4.69, 9.17) is 20.5 Å². The Balaban J connectivity index is 3.51. The Labute approximate surface area is 118 Å². The van der Waals surface area contributed by atoms with Crippen molar-refractivity contribution in [3.63, 3.8) is 0 Å². The van der Waals surface area contributed by atoms with Gasteiger partial charge in [0.05, 0.1) is 12.1 Å². The van der Waals surface area contributed by atoms with Gasteiger partial charge in [-0.05, 0) is 13.8 Å². The molecule has 116 valence electrons. The van der Waals surface area contributed by atoms with E-state index in [1.54, 1.807) is 13.8 Å². The first-order valence-corrected chi connectivity index (χ1v) is 7.23. The second-order valence-electron chi connectivity index (χ2n) is 4.05. The molecule has 20 heavy (non-hydrogen) atoms. The van der Waals surface area contributed by atoms with E-state index in [2.05, 4.69) is 10.6 Å². The molecule has 2 amide bonds. The van der Waals surface area contributed by atoms with E-state index in [0.29, 0.717) is 0 Å². The number of amides is 2. The predicted molar refractivity (Wildman–Crippen MR) is 72.8 cm³/mol. The summed E-state index contributed by atoms with van der Waals surface area (Å²) < 4.78 is 20.9. The monoisotopic (exact) mass is 309 g/mol. The zero-order valence-corrected chi connectivity index (χ0v) is 12.5. The van der Waals surface area contributed by atoms with Gasteiger partial charge >= 0.3 is 8.25 Å². The molecule has 0 heterocycles. The minimum absolute atomic E-state index is 0.0415. The molecule has 10 heteroatoms. The Bertz CT molecular complexity index is 308. The van der Waals surface area contributed by atoms with Crippen LogP contribution >= 0.6 is 8.25 Å². The van der Waals surface area contributed by atoms with Crippen LogP contribution in [0.4, 0.5) is 0 Å². The maximum absolute atomic E-state index is 11.2. The summed E-state index contributed by atoms with van der Waals surface area (Å²) in [6.07, 6.45) is 0. The fourth-order valence-corrected chi connectivity index (χ4v) is 1.50. The lowest BCUT2D eigenvalue weighted by molar-refractivity contribution is -0.122. The largest absolute Gasteiger partial charge is 0.697 e. The summed E-state index contributed by atoms with van der Waals surface area (Å²) >= 11 is 0. The average molecular weight is 309 g/mol. The van der Waals surface area contributed by atoms with Gasteiger partial charge < -0.3 is 22.1 Å². The van der Waals surface area contributed by atoms with E-state index in [-0.39, 0.29) is 38.1 Å². The normalized spacial score (nSPS) is 13.4. The molecule has 0 bridgehead atoms. The summed E-state index contributed by atoms with van der Waals surface area (Å²) in [6, 6.07) is -1.21. The van der Waals surface area contributed by atoms with Crippen LogP contribution in [0.1, 0.15) is 13.8 Å². The van der Waals surface area contributed by atoms with Crippen LogP contribution in [0.25, 0.3) is 0 Å². The van der Waals surface area contributed by atoms with Gasteiger partial charge in [0, 0.05) is 17.7 Å². The molecule has 0 aromatic carbocycles. The lowest BCUT2D eigenvalue weighted by Gasteiger charge is -2.05. The van der Waals surface area contributed by atoms with Crippen molar-refractivity contribution < 1.29 is 23.2 Å². The van der Waals surface area contributed by atoms with Gasteiger partial charge in [-0.3, -0.25) is 9.59 Å². The SMILES string of the molecule is C[C@@H](N)C(=O)NCCO[P+](=O)OCCNC(=O)[C@@H](C)N. The van der Waals surface area contributed by atoms with Gasteiger partial charge in [0.1, 0.15) is 13.2 Å². The summed E-state index contributed by atoms with van der Waals surface area (Å²) in [4.78, 5) is 22.1. The van der Waals surface area contributed by atoms with Gasteiger partial charge in [-0.2, -0.15) is 0 Å². The Kier molecular flexibility index (Phi) is 10.0. The van der Waals surface area contributed by atoms with Crippen molar-refractivity contribution in [3.8, 4) is 0 Å². The van der Waals surface area contributed by atoms with Crippen molar-refractivity contribution in [2.45, 2.75) is 25.9 Å². The zero-order valence-electron chi connectivity index (χ0n) is 11.6. The predicted octanol–water partition coefficient (Wildman–Crippen LogP) is -1.40. The summed E-state index contributed by atoms with van der Waals surface area (Å²) in [7, 11) is -2.29. The lowest BCUT2D eigenvalue weighted by atomic mass is 10.3. The Morgan fingerprint density at radius 2 is 1.35 bits per heavy atom. The van der Waals surface area contributed by atoms with E-state index < -0.39 is 20.3 Å². The van der Waals surface area contributed by atoms with Gasteiger partial charge in [-0.1, -0.05) is 0 Å². The van der Waals surface area contributed by atoms with Gasteiger partial charge in [0.2, 0.25) is 11.8 Å². The molecule has 2 atom stereocenters.